The SMILES string of the molecule is CCN(Cc1ccc(Br)s1)C(=O)CSc1nnc(-c2ccco2)o1. The van der Waals surface area contributed by atoms with Gasteiger partial charge in [-0.15, -0.1) is 21.5 Å². The van der Waals surface area contributed by atoms with Gasteiger partial charge in [0.1, 0.15) is 0 Å². The Morgan fingerprint density at radius 2 is 2.25 bits per heavy atom. The minimum absolute atomic E-state index is 0.0322. The van der Waals surface area contributed by atoms with Crippen molar-refractivity contribution < 1.29 is 13.6 Å². The van der Waals surface area contributed by atoms with Crippen molar-refractivity contribution in [2.45, 2.75) is 18.7 Å². The van der Waals surface area contributed by atoms with Gasteiger partial charge in [-0.1, -0.05) is 11.8 Å². The van der Waals surface area contributed by atoms with E-state index in [4.69, 9.17) is 8.83 Å². The third kappa shape index (κ3) is 4.28. The van der Waals surface area contributed by atoms with Crippen molar-refractivity contribution in [1.29, 1.82) is 0 Å². The molecule has 0 atom stereocenters. The number of halogens is 1. The summed E-state index contributed by atoms with van der Waals surface area (Å²) in [5.74, 6) is 1.11. The van der Waals surface area contributed by atoms with Crippen LogP contribution in [0.4, 0.5) is 0 Å². The number of amides is 1. The van der Waals surface area contributed by atoms with Gasteiger partial charge in [0.05, 0.1) is 22.3 Å². The number of hydrogen-bond acceptors (Lipinski definition) is 7. The summed E-state index contributed by atoms with van der Waals surface area (Å²) < 4.78 is 11.7. The van der Waals surface area contributed by atoms with Crippen LogP contribution in [-0.4, -0.2) is 33.3 Å². The fourth-order valence-corrected chi connectivity index (χ4v) is 4.15. The molecule has 126 valence electrons. The van der Waals surface area contributed by atoms with Crippen molar-refractivity contribution in [1.82, 2.24) is 15.1 Å². The van der Waals surface area contributed by atoms with E-state index in [9.17, 15) is 4.79 Å². The Morgan fingerprint density at radius 1 is 1.38 bits per heavy atom. The predicted octanol–water partition coefficient (Wildman–Crippen LogP) is 4.29. The molecular weight excluding hydrogens is 414 g/mol. The van der Waals surface area contributed by atoms with E-state index >= 15 is 0 Å². The first kappa shape index (κ1) is 17.2. The van der Waals surface area contributed by atoms with E-state index in [1.807, 2.05) is 19.1 Å². The number of aromatic nitrogens is 2. The molecule has 0 unspecified atom stereocenters. The maximum atomic E-state index is 12.4. The van der Waals surface area contributed by atoms with Crippen molar-refractivity contribution in [2.24, 2.45) is 0 Å². The molecule has 0 fully saturated rings. The van der Waals surface area contributed by atoms with Crippen LogP contribution in [0.5, 0.6) is 0 Å². The standard InChI is InChI=1S/C15H14BrN3O3S2/c1-2-19(8-10-5-6-12(16)24-10)13(20)9-23-15-18-17-14(22-15)11-4-3-7-21-11/h3-7H,2,8-9H2,1H3. The van der Waals surface area contributed by atoms with Gasteiger partial charge < -0.3 is 13.7 Å². The Hall–Kier alpha value is -1.58. The van der Waals surface area contributed by atoms with Crippen LogP contribution in [0.3, 0.4) is 0 Å². The Labute approximate surface area is 155 Å². The van der Waals surface area contributed by atoms with Crippen molar-refractivity contribution in [3.63, 3.8) is 0 Å². The highest BCUT2D eigenvalue weighted by Gasteiger charge is 2.17. The number of carbonyl (C=O) groups is 1. The number of thiophene rings is 1. The average Bonchev–Trinajstić information content (AvgIpc) is 3.31. The highest BCUT2D eigenvalue weighted by atomic mass is 79.9. The highest BCUT2D eigenvalue weighted by Crippen LogP contribution is 2.25. The van der Waals surface area contributed by atoms with Crippen molar-refractivity contribution in [3.05, 3.63) is 39.2 Å². The van der Waals surface area contributed by atoms with E-state index < -0.39 is 0 Å². The fourth-order valence-electron chi connectivity index (χ4n) is 1.98. The largest absolute Gasteiger partial charge is 0.459 e. The molecule has 3 aromatic heterocycles. The second-order valence-electron chi connectivity index (χ2n) is 4.75. The molecule has 0 aliphatic heterocycles. The quantitative estimate of drug-likeness (QED) is 0.523. The van der Waals surface area contributed by atoms with Crippen LogP contribution in [0, 0.1) is 0 Å². The number of nitrogens with zero attached hydrogens (tertiary/aromatic N) is 3. The molecule has 3 aromatic rings. The minimum Gasteiger partial charge on any atom is -0.459 e. The monoisotopic (exact) mass is 427 g/mol. The van der Waals surface area contributed by atoms with Crippen LogP contribution in [-0.2, 0) is 11.3 Å². The first-order valence-electron chi connectivity index (χ1n) is 7.18. The summed E-state index contributed by atoms with van der Waals surface area (Å²) in [5, 5.41) is 8.19. The van der Waals surface area contributed by atoms with Crippen LogP contribution >= 0.6 is 39.0 Å². The lowest BCUT2D eigenvalue weighted by molar-refractivity contribution is -0.128. The van der Waals surface area contributed by atoms with E-state index in [1.54, 1.807) is 28.4 Å². The molecule has 6 nitrogen and oxygen atoms in total. The molecule has 0 spiro atoms. The molecule has 3 heterocycles. The van der Waals surface area contributed by atoms with Gasteiger partial charge in [-0.3, -0.25) is 4.79 Å². The summed E-state index contributed by atoms with van der Waals surface area (Å²) in [5.41, 5.74) is 0. The van der Waals surface area contributed by atoms with Crippen molar-refractivity contribution >= 4 is 44.9 Å². The van der Waals surface area contributed by atoms with E-state index in [0.717, 1.165) is 8.66 Å². The normalized spacial score (nSPS) is 10.9. The smallest absolute Gasteiger partial charge is 0.284 e. The number of rotatable bonds is 7. The van der Waals surface area contributed by atoms with Gasteiger partial charge in [-0.2, -0.15) is 0 Å². The Kier molecular flexibility index (Phi) is 5.75. The lowest BCUT2D eigenvalue weighted by Crippen LogP contribution is -2.31. The maximum Gasteiger partial charge on any atom is 0.284 e. The number of carbonyl (C=O) groups excluding carboxylic acids is 1. The molecule has 0 saturated carbocycles. The van der Waals surface area contributed by atoms with Gasteiger partial charge in [0, 0.05) is 11.4 Å². The summed E-state index contributed by atoms with van der Waals surface area (Å²) in [6.07, 6.45) is 1.54. The highest BCUT2D eigenvalue weighted by molar-refractivity contribution is 9.11. The van der Waals surface area contributed by atoms with E-state index in [1.165, 1.54) is 18.0 Å². The molecule has 0 bridgehead atoms. The van der Waals surface area contributed by atoms with E-state index in [2.05, 4.69) is 26.1 Å². The van der Waals surface area contributed by atoms with E-state index in [-0.39, 0.29) is 11.7 Å². The molecule has 1 amide bonds. The number of furan rings is 1. The second-order valence-corrected chi connectivity index (χ2v) is 8.23. The Morgan fingerprint density at radius 3 is 2.92 bits per heavy atom. The summed E-state index contributed by atoms with van der Waals surface area (Å²) in [6.45, 7) is 3.22. The molecule has 0 aliphatic carbocycles. The molecule has 0 aliphatic rings. The van der Waals surface area contributed by atoms with Crippen LogP contribution in [0.1, 0.15) is 11.8 Å². The third-order valence-corrected chi connectivity index (χ3v) is 5.58. The average molecular weight is 428 g/mol. The topological polar surface area (TPSA) is 72.4 Å². The van der Waals surface area contributed by atoms with Gasteiger partial charge in [0.15, 0.2) is 5.76 Å². The predicted molar refractivity (Wildman–Crippen MR) is 95.8 cm³/mol. The van der Waals surface area contributed by atoms with Crippen molar-refractivity contribution in [3.8, 4) is 11.7 Å². The zero-order valence-corrected chi connectivity index (χ0v) is 16.0. The van der Waals surface area contributed by atoms with Gasteiger partial charge in [-0.25, -0.2) is 0 Å². The van der Waals surface area contributed by atoms with Crippen LogP contribution in [0.15, 0.2) is 48.4 Å². The summed E-state index contributed by atoms with van der Waals surface area (Å²) in [4.78, 5) is 15.3. The first-order chi connectivity index (χ1) is 11.7. The molecular formula is C15H14BrN3O3S2. The molecule has 3 rings (SSSR count). The Bertz CT molecular complexity index is 801. The van der Waals surface area contributed by atoms with Gasteiger partial charge in [0.25, 0.3) is 11.1 Å². The molecule has 0 aromatic carbocycles. The molecule has 24 heavy (non-hydrogen) atoms. The third-order valence-electron chi connectivity index (χ3n) is 3.17. The van der Waals surface area contributed by atoms with Gasteiger partial charge >= 0.3 is 0 Å². The fraction of sp³-hybridized carbons (Fsp3) is 0.267. The zero-order chi connectivity index (χ0) is 16.9. The van der Waals surface area contributed by atoms with Gasteiger partial charge in [0.2, 0.25) is 5.91 Å². The zero-order valence-electron chi connectivity index (χ0n) is 12.8. The minimum atomic E-state index is 0.0322. The lowest BCUT2D eigenvalue weighted by atomic mass is 10.4. The number of thioether (sulfide) groups is 1. The van der Waals surface area contributed by atoms with Crippen LogP contribution < -0.4 is 0 Å². The van der Waals surface area contributed by atoms with Crippen molar-refractivity contribution in [2.75, 3.05) is 12.3 Å². The van der Waals surface area contributed by atoms with Crippen LogP contribution in [0.2, 0.25) is 0 Å². The molecule has 9 heteroatoms. The Balaban J connectivity index is 1.56. The molecule has 0 N–H and O–H groups in total. The summed E-state index contributed by atoms with van der Waals surface area (Å²) >= 11 is 6.29. The maximum absolute atomic E-state index is 12.4. The number of hydrogen-bond donors (Lipinski definition) is 0. The molecule has 0 saturated heterocycles. The molecule has 0 radical (unpaired) electrons. The second kappa shape index (κ2) is 8.00. The summed E-state index contributed by atoms with van der Waals surface area (Å²) in [7, 11) is 0. The summed E-state index contributed by atoms with van der Waals surface area (Å²) in [6, 6.07) is 7.50. The van der Waals surface area contributed by atoms with Gasteiger partial charge in [-0.05, 0) is 47.1 Å². The lowest BCUT2D eigenvalue weighted by Gasteiger charge is -2.19. The van der Waals surface area contributed by atoms with E-state index in [0.29, 0.717) is 30.0 Å². The first-order valence-corrected chi connectivity index (χ1v) is 9.77. The van der Waals surface area contributed by atoms with Crippen LogP contribution in [0.25, 0.3) is 11.7 Å².